The van der Waals surface area contributed by atoms with Crippen molar-refractivity contribution in [2.45, 2.75) is 64.3 Å². The molecular formula is C22H32N2O2. The summed E-state index contributed by atoms with van der Waals surface area (Å²) in [4.78, 5) is 29.9. The van der Waals surface area contributed by atoms with E-state index in [4.69, 9.17) is 0 Å². The molecule has 4 nitrogen and oxygen atoms in total. The molecule has 2 heterocycles. The summed E-state index contributed by atoms with van der Waals surface area (Å²) in [5.74, 6) is 0.979. The maximum absolute atomic E-state index is 13.0. The van der Waals surface area contributed by atoms with E-state index in [1.165, 1.54) is 5.56 Å². The van der Waals surface area contributed by atoms with Crippen molar-refractivity contribution in [2.75, 3.05) is 19.6 Å². The van der Waals surface area contributed by atoms with E-state index >= 15 is 0 Å². The molecule has 2 saturated heterocycles. The average Bonchev–Trinajstić information content (AvgIpc) is 3.12. The quantitative estimate of drug-likeness (QED) is 0.827. The lowest BCUT2D eigenvalue weighted by Gasteiger charge is -2.35. The first kappa shape index (κ1) is 18.9. The first-order chi connectivity index (χ1) is 12.4. The second-order valence-corrected chi connectivity index (χ2v) is 8.68. The Balaban J connectivity index is 1.65. The zero-order valence-electron chi connectivity index (χ0n) is 16.4. The van der Waals surface area contributed by atoms with E-state index in [1.54, 1.807) is 0 Å². The monoisotopic (exact) mass is 356 g/mol. The van der Waals surface area contributed by atoms with Crippen LogP contribution in [0.4, 0.5) is 0 Å². The van der Waals surface area contributed by atoms with E-state index < -0.39 is 0 Å². The van der Waals surface area contributed by atoms with Gasteiger partial charge in [0.2, 0.25) is 11.8 Å². The van der Waals surface area contributed by atoms with Crippen LogP contribution in [0.3, 0.4) is 0 Å². The molecular weight excluding hydrogens is 324 g/mol. The van der Waals surface area contributed by atoms with Gasteiger partial charge in [0.05, 0.1) is 0 Å². The van der Waals surface area contributed by atoms with Crippen LogP contribution >= 0.6 is 0 Å². The lowest BCUT2D eigenvalue weighted by Crippen LogP contribution is -2.50. The minimum atomic E-state index is -0.248. The van der Waals surface area contributed by atoms with Gasteiger partial charge in [0, 0.05) is 26.1 Å². The Bertz CT molecular complexity index is 633. The molecule has 1 aromatic rings. The topological polar surface area (TPSA) is 40.6 Å². The minimum Gasteiger partial charge on any atom is -0.341 e. The highest BCUT2D eigenvalue weighted by atomic mass is 16.2. The second-order valence-electron chi connectivity index (χ2n) is 8.68. The highest BCUT2D eigenvalue weighted by Gasteiger charge is 2.38. The molecule has 1 aromatic carbocycles. The van der Waals surface area contributed by atoms with E-state index in [0.717, 1.165) is 38.8 Å². The molecule has 0 aromatic heterocycles. The SMILES string of the molecule is CC1CCN(C(=O)[C@@H]2CCCN2C(=O)CC(C)(C)c2ccccc2)CC1. The highest BCUT2D eigenvalue weighted by Crippen LogP contribution is 2.30. The van der Waals surface area contributed by atoms with Crippen molar-refractivity contribution in [3.05, 3.63) is 35.9 Å². The van der Waals surface area contributed by atoms with E-state index in [-0.39, 0.29) is 23.3 Å². The standard InChI is InChI=1S/C22H32N2O2/c1-17-11-14-23(15-12-17)21(26)19-10-7-13-24(19)20(25)16-22(2,3)18-8-5-4-6-9-18/h4-6,8-9,17,19H,7,10-16H2,1-3H3/t19-/m0/s1. The van der Waals surface area contributed by atoms with Gasteiger partial charge in [0.15, 0.2) is 0 Å². The third kappa shape index (κ3) is 4.11. The Hall–Kier alpha value is -1.84. The number of hydrogen-bond donors (Lipinski definition) is 0. The number of likely N-dealkylation sites (tertiary alicyclic amines) is 2. The van der Waals surface area contributed by atoms with Crippen LogP contribution in [0.1, 0.15) is 58.4 Å². The van der Waals surface area contributed by atoms with E-state index in [2.05, 4.69) is 32.9 Å². The van der Waals surface area contributed by atoms with Crippen LogP contribution < -0.4 is 0 Å². The summed E-state index contributed by atoms with van der Waals surface area (Å²) in [6.45, 7) is 8.86. The zero-order chi connectivity index (χ0) is 18.7. The summed E-state index contributed by atoms with van der Waals surface area (Å²) in [6.07, 6.45) is 4.33. The smallest absolute Gasteiger partial charge is 0.245 e. The van der Waals surface area contributed by atoms with Gasteiger partial charge in [-0.15, -0.1) is 0 Å². The van der Waals surface area contributed by atoms with Crippen molar-refractivity contribution in [1.82, 2.24) is 9.80 Å². The number of rotatable bonds is 4. The summed E-state index contributed by atoms with van der Waals surface area (Å²) in [5.41, 5.74) is 0.940. The van der Waals surface area contributed by atoms with Crippen molar-refractivity contribution >= 4 is 11.8 Å². The molecule has 0 bridgehead atoms. The number of carbonyl (C=O) groups excluding carboxylic acids is 2. The van der Waals surface area contributed by atoms with Crippen molar-refractivity contribution in [1.29, 1.82) is 0 Å². The van der Waals surface area contributed by atoms with Crippen molar-refractivity contribution in [2.24, 2.45) is 5.92 Å². The number of hydrogen-bond acceptors (Lipinski definition) is 2. The van der Waals surface area contributed by atoms with Crippen LogP contribution in [0, 0.1) is 5.92 Å². The molecule has 142 valence electrons. The van der Waals surface area contributed by atoms with Gasteiger partial charge in [0.25, 0.3) is 0 Å². The molecule has 2 aliphatic heterocycles. The molecule has 0 N–H and O–H groups in total. The third-order valence-corrected chi connectivity index (χ3v) is 6.10. The summed E-state index contributed by atoms with van der Waals surface area (Å²) >= 11 is 0. The Morgan fingerprint density at radius 1 is 1.04 bits per heavy atom. The Morgan fingerprint density at radius 2 is 1.69 bits per heavy atom. The first-order valence-corrected chi connectivity index (χ1v) is 10.0. The van der Waals surface area contributed by atoms with Crippen LogP contribution in [0.5, 0.6) is 0 Å². The predicted molar refractivity (Wildman–Crippen MR) is 104 cm³/mol. The summed E-state index contributed by atoms with van der Waals surface area (Å²) in [6, 6.07) is 9.93. The molecule has 2 aliphatic rings. The molecule has 0 unspecified atom stereocenters. The fourth-order valence-electron chi connectivity index (χ4n) is 4.23. The third-order valence-electron chi connectivity index (χ3n) is 6.10. The fraction of sp³-hybridized carbons (Fsp3) is 0.636. The molecule has 0 spiro atoms. The van der Waals surface area contributed by atoms with Gasteiger partial charge < -0.3 is 9.80 Å². The van der Waals surface area contributed by atoms with E-state index in [9.17, 15) is 9.59 Å². The summed E-state index contributed by atoms with van der Waals surface area (Å²) in [5, 5.41) is 0. The van der Waals surface area contributed by atoms with Crippen LogP contribution in [-0.4, -0.2) is 47.3 Å². The van der Waals surface area contributed by atoms with E-state index in [0.29, 0.717) is 18.9 Å². The number of carbonyl (C=O) groups is 2. The maximum atomic E-state index is 13.0. The normalized spacial score (nSPS) is 21.9. The van der Waals surface area contributed by atoms with Gasteiger partial charge in [-0.25, -0.2) is 0 Å². The highest BCUT2D eigenvalue weighted by molar-refractivity contribution is 5.88. The molecule has 4 heteroatoms. The number of benzene rings is 1. The van der Waals surface area contributed by atoms with E-state index in [1.807, 2.05) is 28.0 Å². The molecule has 26 heavy (non-hydrogen) atoms. The number of piperidine rings is 1. The molecule has 2 amide bonds. The first-order valence-electron chi connectivity index (χ1n) is 10.0. The predicted octanol–water partition coefficient (Wildman–Crippen LogP) is 3.60. The zero-order valence-corrected chi connectivity index (χ0v) is 16.4. The molecule has 0 radical (unpaired) electrons. The largest absolute Gasteiger partial charge is 0.341 e. The van der Waals surface area contributed by atoms with Crippen LogP contribution in [0.2, 0.25) is 0 Å². The molecule has 1 atom stereocenters. The van der Waals surface area contributed by atoms with Gasteiger partial charge in [-0.05, 0) is 42.6 Å². The summed E-state index contributed by atoms with van der Waals surface area (Å²) < 4.78 is 0. The van der Waals surface area contributed by atoms with Gasteiger partial charge in [-0.1, -0.05) is 51.1 Å². The fourth-order valence-corrected chi connectivity index (χ4v) is 4.23. The van der Waals surface area contributed by atoms with Crippen LogP contribution in [-0.2, 0) is 15.0 Å². The lowest BCUT2D eigenvalue weighted by atomic mass is 9.81. The van der Waals surface area contributed by atoms with Crippen molar-refractivity contribution in [3.63, 3.8) is 0 Å². The van der Waals surface area contributed by atoms with Crippen LogP contribution in [0.25, 0.3) is 0 Å². The van der Waals surface area contributed by atoms with Crippen LogP contribution in [0.15, 0.2) is 30.3 Å². The van der Waals surface area contributed by atoms with Crippen molar-refractivity contribution in [3.8, 4) is 0 Å². The molecule has 0 saturated carbocycles. The van der Waals surface area contributed by atoms with Gasteiger partial charge in [0.1, 0.15) is 6.04 Å². The maximum Gasteiger partial charge on any atom is 0.245 e. The Morgan fingerprint density at radius 3 is 2.35 bits per heavy atom. The lowest BCUT2D eigenvalue weighted by molar-refractivity contribution is -0.145. The molecule has 2 fully saturated rings. The number of amides is 2. The second kappa shape index (κ2) is 7.81. The van der Waals surface area contributed by atoms with Gasteiger partial charge in [-0.3, -0.25) is 9.59 Å². The van der Waals surface area contributed by atoms with Gasteiger partial charge >= 0.3 is 0 Å². The molecule has 0 aliphatic carbocycles. The van der Waals surface area contributed by atoms with Crippen molar-refractivity contribution < 1.29 is 9.59 Å². The molecule has 3 rings (SSSR count). The average molecular weight is 357 g/mol. The Kier molecular flexibility index (Phi) is 5.69. The number of nitrogens with zero attached hydrogens (tertiary/aromatic N) is 2. The Labute approximate surface area is 157 Å². The summed E-state index contributed by atoms with van der Waals surface area (Å²) in [7, 11) is 0. The van der Waals surface area contributed by atoms with Gasteiger partial charge in [-0.2, -0.15) is 0 Å². The minimum absolute atomic E-state index is 0.111.